The first-order chi connectivity index (χ1) is 9.93. The molecule has 0 amide bonds. The van der Waals surface area contributed by atoms with E-state index >= 15 is 0 Å². The number of guanidine groups is 1. The number of ether oxygens (including phenoxy) is 1. The maximum absolute atomic E-state index is 5.24. The summed E-state index contributed by atoms with van der Waals surface area (Å²) < 4.78 is 7.31. The van der Waals surface area contributed by atoms with Crippen molar-refractivity contribution in [2.24, 2.45) is 12.0 Å². The van der Waals surface area contributed by atoms with E-state index in [0.29, 0.717) is 6.54 Å². The summed E-state index contributed by atoms with van der Waals surface area (Å²) in [7, 11) is 11.6. The minimum absolute atomic E-state index is 0.541. The van der Waals surface area contributed by atoms with Crippen LogP contribution in [0.1, 0.15) is 5.82 Å². The third-order valence-corrected chi connectivity index (χ3v) is 3.34. The minimum Gasteiger partial charge on any atom is -0.497 e. The van der Waals surface area contributed by atoms with E-state index < -0.39 is 0 Å². The van der Waals surface area contributed by atoms with Gasteiger partial charge in [-0.2, -0.15) is 0 Å². The van der Waals surface area contributed by atoms with Crippen LogP contribution in [-0.4, -0.2) is 60.6 Å². The Bertz CT molecular complexity index is 647. The van der Waals surface area contributed by atoms with Crippen molar-refractivity contribution >= 4 is 17.0 Å². The summed E-state index contributed by atoms with van der Waals surface area (Å²) in [4.78, 5) is 13.3. The molecule has 1 aromatic heterocycles. The Morgan fingerprint density at radius 2 is 1.90 bits per heavy atom. The van der Waals surface area contributed by atoms with Gasteiger partial charge in [-0.1, -0.05) is 0 Å². The predicted molar refractivity (Wildman–Crippen MR) is 85.8 cm³/mol. The van der Waals surface area contributed by atoms with E-state index in [0.717, 1.165) is 28.6 Å². The summed E-state index contributed by atoms with van der Waals surface area (Å²) in [6.07, 6.45) is 0. The van der Waals surface area contributed by atoms with Crippen molar-refractivity contribution in [3.05, 3.63) is 24.0 Å². The SMILES string of the molecule is COc1ccc2c(c1)nc(CN=C(N(C)C)N(C)C)n2C. The Morgan fingerprint density at radius 1 is 1.24 bits per heavy atom. The van der Waals surface area contributed by atoms with Crippen molar-refractivity contribution in [1.29, 1.82) is 0 Å². The average Bonchev–Trinajstić information content (AvgIpc) is 2.74. The molecule has 0 aliphatic carbocycles. The Hall–Kier alpha value is -2.24. The minimum atomic E-state index is 0.541. The van der Waals surface area contributed by atoms with Crippen LogP contribution >= 0.6 is 0 Å². The van der Waals surface area contributed by atoms with E-state index in [9.17, 15) is 0 Å². The van der Waals surface area contributed by atoms with Crippen LogP contribution in [0.5, 0.6) is 5.75 Å². The van der Waals surface area contributed by atoms with Crippen molar-refractivity contribution in [3.8, 4) is 5.75 Å². The van der Waals surface area contributed by atoms with Crippen molar-refractivity contribution in [2.45, 2.75) is 6.54 Å². The number of aliphatic imine (C=N–C) groups is 1. The fourth-order valence-corrected chi connectivity index (χ4v) is 2.32. The molecule has 0 fully saturated rings. The number of benzene rings is 1. The number of nitrogens with zero attached hydrogens (tertiary/aromatic N) is 5. The number of hydrogen-bond acceptors (Lipinski definition) is 3. The standard InChI is InChI=1S/C15H23N5O/c1-18(2)15(19(3)4)16-10-14-17-12-9-11(21-6)7-8-13(12)20(14)5/h7-9H,10H2,1-6H3. The molecule has 21 heavy (non-hydrogen) atoms. The zero-order chi connectivity index (χ0) is 15.6. The summed E-state index contributed by atoms with van der Waals surface area (Å²) in [5.41, 5.74) is 2.01. The lowest BCUT2D eigenvalue weighted by Gasteiger charge is -2.22. The van der Waals surface area contributed by atoms with Gasteiger partial charge in [0, 0.05) is 41.3 Å². The number of aryl methyl sites for hydroxylation is 1. The predicted octanol–water partition coefficient (Wildman–Crippen LogP) is 1.56. The molecule has 114 valence electrons. The number of aromatic nitrogens is 2. The molecule has 0 N–H and O–H groups in total. The topological polar surface area (TPSA) is 45.9 Å². The third kappa shape index (κ3) is 3.09. The normalized spacial score (nSPS) is 10.6. The second-order valence-corrected chi connectivity index (χ2v) is 5.35. The molecule has 0 saturated carbocycles. The molecule has 6 heteroatoms. The largest absolute Gasteiger partial charge is 0.497 e. The first-order valence-corrected chi connectivity index (χ1v) is 6.82. The molecule has 1 aromatic carbocycles. The maximum Gasteiger partial charge on any atom is 0.195 e. The lowest BCUT2D eigenvalue weighted by molar-refractivity contribution is 0.415. The van der Waals surface area contributed by atoms with Gasteiger partial charge in [-0.3, -0.25) is 0 Å². The highest BCUT2D eigenvalue weighted by atomic mass is 16.5. The molecule has 0 radical (unpaired) electrons. The quantitative estimate of drug-likeness (QED) is 0.635. The lowest BCUT2D eigenvalue weighted by Crippen LogP contribution is -2.35. The Labute approximate surface area is 125 Å². The zero-order valence-corrected chi connectivity index (χ0v) is 13.6. The average molecular weight is 289 g/mol. The van der Waals surface area contributed by atoms with Crippen molar-refractivity contribution < 1.29 is 4.74 Å². The van der Waals surface area contributed by atoms with Gasteiger partial charge in [0.25, 0.3) is 0 Å². The molecule has 0 unspecified atom stereocenters. The maximum atomic E-state index is 5.24. The number of methoxy groups -OCH3 is 1. The zero-order valence-electron chi connectivity index (χ0n) is 13.6. The first-order valence-electron chi connectivity index (χ1n) is 6.82. The van der Waals surface area contributed by atoms with E-state index in [4.69, 9.17) is 4.74 Å². The molecule has 6 nitrogen and oxygen atoms in total. The number of fused-ring (bicyclic) bond motifs is 1. The molecule has 0 atom stereocenters. The van der Waals surface area contributed by atoms with Crippen LogP contribution < -0.4 is 4.74 Å². The van der Waals surface area contributed by atoms with Gasteiger partial charge < -0.3 is 19.1 Å². The van der Waals surface area contributed by atoms with Crippen LogP contribution in [0.15, 0.2) is 23.2 Å². The molecule has 0 aliphatic heterocycles. The van der Waals surface area contributed by atoms with Crippen molar-refractivity contribution in [2.75, 3.05) is 35.3 Å². The van der Waals surface area contributed by atoms with Crippen molar-refractivity contribution in [3.63, 3.8) is 0 Å². The van der Waals surface area contributed by atoms with Crippen molar-refractivity contribution in [1.82, 2.24) is 19.4 Å². The van der Waals surface area contributed by atoms with Gasteiger partial charge in [0.15, 0.2) is 5.96 Å². The molecule has 0 bridgehead atoms. The van der Waals surface area contributed by atoms with Crippen LogP contribution in [0, 0.1) is 0 Å². The molecule has 2 rings (SSSR count). The molecule has 0 aliphatic rings. The van der Waals surface area contributed by atoms with Gasteiger partial charge in [0.05, 0.1) is 18.1 Å². The van der Waals surface area contributed by atoms with Gasteiger partial charge in [-0.25, -0.2) is 9.98 Å². The van der Waals surface area contributed by atoms with E-state index in [1.54, 1.807) is 7.11 Å². The second kappa shape index (κ2) is 6.03. The van der Waals surface area contributed by atoms with Gasteiger partial charge in [0.2, 0.25) is 0 Å². The van der Waals surface area contributed by atoms with Gasteiger partial charge in [0.1, 0.15) is 18.1 Å². The Balaban J connectivity index is 2.34. The highest BCUT2D eigenvalue weighted by molar-refractivity contribution is 5.79. The molecular formula is C15H23N5O. The van der Waals surface area contributed by atoms with Crippen LogP contribution in [0.4, 0.5) is 0 Å². The highest BCUT2D eigenvalue weighted by Crippen LogP contribution is 2.21. The molecule has 0 spiro atoms. The fraction of sp³-hybridized carbons (Fsp3) is 0.467. The van der Waals surface area contributed by atoms with Crippen LogP contribution in [0.2, 0.25) is 0 Å². The number of rotatable bonds is 3. The fourth-order valence-electron chi connectivity index (χ4n) is 2.32. The van der Waals surface area contributed by atoms with Gasteiger partial charge >= 0.3 is 0 Å². The molecule has 0 saturated heterocycles. The van der Waals surface area contributed by atoms with Gasteiger partial charge in [-0.05, 0) is 12.1 Å². The Morgan fingerprint density at radius 3 is 2.48 bits per heavy atom. The second-order valence-electron chi connectivity index (χ2n) is 5.35. The Kier molecular flexibility index (Phi) is 4.35. The summed E-state index contributed by atoms with van der Waals surface area (Å²) in [5.74, 6) is 2.66. The summed E-state index contributed by atoms with van der Waals surface area (Å²) >= 11 is 0. The van der Waals surface area contributed by atoms with Crippen LogP contribution in [0.3, 0.4) is 0 Å². The van der Waals surface area contributed by atoms with Crippen LogP contribution in [0.25, 0.3) is 11.0 Å². The van der Waals surface area contributed by atoms with E-state index in [1.807, 2.05) is 63.2 Å². The van der Waals surface area contributed by atoms with Crippen LogP contribution in [-0.2, 0) is 13.6 Å². The van der Waals surface area contributed by atoms with E-state index in [1.165, 1.54) is 0 Å². The number of hydrogen-bond donors (Lipinski definition) is 0. The van der Waals surface area contributed by atoms with Gasteiger partial charge in [-0.15, -0.1) is 0 Å². The first kappa shape index (κ1) is 15.2. The third-order valence-electron chi connectivity index (χ3n) is 3.34. The molecule has 2 aromatic rings. The number of imidazole rings is 1. The monoisotopic (exact) mass is 289 g/mol. The van der Waals surface area contributed by atoms with E-state index in [2.05, 4.69) is 14.5 Å². The summed E-state index contributed by atoms with van der Waals surface area (Å²) in [6.45, 7) is 0.541. The molecule has 1 heterocycles. The summed E-state index contributed by atoms with van der Waals surface area (Å²) in [5, 5.41) is 0. The molecular weight excluding hydrogens is 266 g/mol. The highest BCUT2D eigenvalue weighted by Gasteiger charge is 2.10. The summed E-state index contributed by atoms with van der Waals surface area (Å²) in [6, 6.07) is 5.91. The smallest absolute Gasteiger partial charge is 0.195 e. The van der Waals surface area contributed by atoms with E-state index in [-0.39, 0.29) is 0 Å². The lowest BCUT2D eigenvalue weighted by atomic mass is 10.3.